The van der Waals surface area contributed by atoms with Gasteiger partial charge in [-0.2, -0.15) is 0 Å². The molecule has 9 heteroatoms. The molecule has 1 fully saturated rings. The third-order valence-corrected chi connectivity index (χ3v) is 7.12. The van der Waals surface area contributed by atoms with Crippen LogP contribution >= 0.6 is 0 Å². The Bertz CT molecular complexity index is 617. The second-order valence-electron chi connectivity index (χ2n) is 10.5. The molecule has 9 nitrogen and oxygen atoms in total. The van der Waals surface area contributed by atoms with Crippen molar-refractivity contribution < 1.29 is 39.8 Å². The summed E-state index contributed by atoms with van der Waals surface area (Å²) >= 11 is 0. The average molecular weight is 546 g/mol. The van der Waals surface area contributed by atoms with Crippen molar-refractivity contribution in [1.29, 1.82) is 0 Å². The molecule has 1 heterocycles. The number of hydrogen-bond donors (Lipinski definition) is 6. The first-order valence-corrected chi connectivity index (χ1v) is 14.9. The fourth-order valence-electron chi connectivity index (χ4n) is 4.55. The monoisotopic (exact) mass is 545 g/mol. The SMILES string of the molecule is CCCC/C=C\CCCCCCCC(=O)NC(COC1OC(CO)C(O)C(O)C1O)C(O)CCCCCC. The van der Waals surface area contributed by atoms with Crippen molar-refractivity contribution in [1.82, 2.24) is 5.32 Å². The van der Waals surface area contributed by atoms with Gasteiger partial charge in [-0.3, -0.25) is 4.79 Å². The van der Waals surface area contributed by atoms with Crippen molar-refractivity contribution >= 4 is 5.91 Å². The van der Waals surface area contributed by atoms with Gasteiger partial charge in [-0.15, -0.1) is 0 Å². The van der Waals surface area contributed by atoms with E-state index in [2.05, 4.69) is 31.3 Å². The number of nitrogens with one attached hydrogen (secondary N) is 1. The van der Waals surface area contributed by atoms with Crippen LogP contribution in [-0.4, -0.2) is 87.5 Å². The number of unbranched alkanes of at least 4 members (excludes halogenated alkanes) is 10. The molecule has 0 aromatic carbocycles. The van der Waals surface area contributed by atoms with E-state index in [0.29, 0.717) is 12.8 Å². The van der Waals surface area contributed by atoms with Crippen LogP contribution in [0.2, 0.25) is 0 Å². The zero-order chi connectivity index (χ0) is 28.2. The number of allylic oxidation sites excluding steroid dienone is 2. The number of carbonyl (C=O) groups excluding carboxylic acids is 1. The van der Waals surface area contributed by atoms with Crippen molar-refractivity contribution in [3.8, 4) is 0 Å². The minimum Gasteiger partial charge on any atom is -0.394 e. The van der Waals surface area contributed by atoms with Gasteiger partial charge in [-0.1, -0.05) is 83.8 Å². The highest BCUT2D eigenvalue weighted by Gasteiger charge is 2.44. The maximum Gasteiger partial charge on any atom is 0.220 e. The Balaban J connectivity index is 2.47. The van der Waals surface area contributed by atoms with E-state index in [0.717, 1.165) is 70.6 Å². The van der Waals surface area contributed by atoms with Gasteiger partial charge in [0.25, 0.3) is 0 Å². The lowest BCUT2D eigenvalue weighted by Crippen LogP contribution is -2.60. The van der Waals surface area contributed by atoms with Crippen molar-refractivity contribution in [2.75, 3.05) is 13.2 Å². The number of carbonyl (C=O) groups is 1. The molecule has 1 amide bonds. The van der Waals surface area contributed by atoms with E-state index in [1.165, 1.54) is 12.8 Å². The van der Waals surface area contributed by atoms with Crippen LogP contribution < -0.4 is 5.32 Å². The van der Waals surface area contributed by atoms with Gasteiger partial charge in [-0.05, 0) is 32.1 Å². The molecule has 38 heavy (non-hydrogen) atoms. The van der Waals surface area contributed by atoms with Crippen LogP contribution in [0, 0.1) is 0 Å². The molecular weight excluding hydrogens is 490 g/mol. The van der Waals surface area contributed by atoms with Crippen LogP contribution in [-0.2, 0) is 14.3 Å². The highest BCUT2D eigenvalue weighted by atomic mass is 16.7. The van der Waals surface area contributed by atoms with Gasteiger partial charge in [-0.25, -0.2) is 0 Å². The third-order valence-electron chi connectivity index (χ3n) is 7.12. The van der Waals surface area contributed by atoms with Gasteiger partial charge in [0.05, 0.1) is 25.4 Å². The Kier molecular flexibility index (Phi) is 20.0. The molecular formula is C29H55NO8. The zero-order valence-electron chi connectivity index (χ0n) is 23.7. The Labute approximate surface area is 229 Å². The largest absolute Gasteiger partial charge is 0.394 e. The molecule has 0 aromatic heterocycles. The van der Waals surface area contributed by atoms with Gasteiger partial charge in [0, 0.05) is 6.42 Å². The van der Waals surface area contributed by atoms with Crippen LogP contribution in [0.25, 0.3) is 0 Å². The summed E-state index contributed by atoms with van der Waals surface area (Å²) in [6, 6.07) is -0.712. The van der Waals surface area contributed by atoms with E-state index in [9.17, 15) is 30.3 Å². The summed E-state index contributed by atoms with van der Waals surface area (Å²) in [4.78, 5) is 12.6. The predicted octanol–water partition coefficient (Wildman–Crippen LogP) is 3.10. The molecule has 1 saturated heterocycles. The summed E-state index contributed by atoms with van der Waals surface area (Å²) in [5.41, 5.74) is 0. The molecule has 7 unspecified atom stereocenters. The van der Waals surface area contributed by atoms with Crippen LogP contribution in [0.3, 0.4) is 0 Å². The number of rotatable bonds is 22. The molecule has 0 radical (unpaired) electrons. The van der Waals surface area contributed by atoms with Gasteiger partial charge in [0.1, 0.15) is 24.4 Å². The minimum atomic E-state index is -1.55. The van der Waals surface area contributed by atoms with Crippen molar-refractivity contribution in [3.63, 3.8) is 0 Å². The fraction of sp³-hybridized carbons (Fsp3) is 0.897. The zero-order valence-corrected chi connectivity index (χ0v) is 23.7. The van der Waals surface area contributed by atoms with E-state index in [1.54, 1.807) is 0 Å². The molecule has 7 atom stereocenters. The maximum atomic E-state index is 12.6. The van der Waals surface area contributed by atoms with Gasteiger partial charge < -0.3 is 40.3 Å². The van der Waals surface area contributed by atoms with Gasteiger partial charge >= 0.3 is 0 Å². The summed E-state index contributed by atoms with van der Waals surface area (Å²) in [6.45, 7) is 3.61. The van der Waals surface area contributed by atoms with E-state index >= 15 is 0 Å². The summed E-state index contributed by atoms with van der Waals surface area (Å²) in [6.07, 6.45) is 11.4. The Hall–Kier alpha value is -1.07. The Morgan fingerprint density at radius 2 is 1.50 bits per heavy atom. The van der Waals surface area contributed by atoms with Crippen LogP contribution in [0.1, 0.15) is 110 Å². The first kappa shape index (κ1) is 35.0. The highest BCUT2D eigenvalue weighted by molar-refractivity contribution is 5.76. The minimum absolute atomic E-state index is 0.144. The molecule has 0 spiro atoms. The summed E-state index contributed by atoms with van der Waals surface area (Å²) in [7, 11) is 0. The molecule has 224 valence electrons. The topological polar surface area (TPSA) is 149 Å². The quantitative estimate of drug-likeness (QED) is 0.0898. The Morgan fingerprint density at radius 1 is 0.868 bits per heavy atom. The lowest BCUT2D eigenvalue weighted by molar-refractivity contribution is -0.302. The second-order valence-corrected chi connectivity index (χ2v) is 10.5. The van der Waals surface area contributed by atoms with E-state index in [4.69, 9.17) is 9.47 Å². The van der Waals surface area contributed by atoms with E-state index in [1.807, 2.05) is 0 Å². The molecule has 0 aliphatic carbocycles. The van der Waals surface area contributed by atoms with Crippen LogP contribution in [0.4, 0.5) is 0 Å². The van der Waals surface area contributed by atoms with Crippen molar-refractivity contribution in [2.45, 2.75) is 153 Å². The maximum absolute atomic E-state index is 12.6. The third kappa shape index (κ3) is 14.4. The van der Waals surface area contributed by atoms with Crippen LogP contribution in [0.5, 0.6) is 0 Å². The first-order valence-electron chi connectivity index (χ1n) is 14.9. The molecule has 0 aromatic rings. The molecule has 0 bridgehead atoms. The van der Waals surface area contributed by atoms with Crippen molar-refractivity contribution in [3.05, 3.63) is 12.2 Å². The fourth-order valence-corrected chi connectivity index (χ4v) is 4.55. The van der Waals surface area contributed by atoms with Gasteiger partial charge in [0.15, 0.2) is 6.29 Å². The molecule has 6 N–H and O–H groups in total. The lowest BCUT2D eigenvalue weighted by Gasteiger charge is -2.40. The predicted molar refractivity (Wildman–Crippen MR) is 147 cm³/mol. The Morgan fingerprint density at radius 3 is 2.18 bits per heavy atom. The smallest absolute Gasteiger partial charge is 0.220 e. The van der Waals surface area contributed by atoms with E-state index in [-0.39, 0.29) is 12.5 Å². The number of amides is 1. The number of hydrogen-bond acceptors (Lipinski definition) is 8. The normalized spacial score (nSPS) is 25.5. The molecule has 1 aliphatic rings. The molecule has 1 rings (SSSR count). The van der Waals surface area contributed by atoms with Crippen LogP contribution in [0.15, 0.2) is 12.2 Å². The summed E-state index contributed by atoms with van der Waals surface area (Å²) < 4.78 is 11.0. The highest BCUT2D eigenvalue weighted by Crippen LogP contribution is 2.22. The standard InChI is InChI=1S/C29H55NO8/c1-3-5-7-9-10-11-12-13-14-15-17-19-25(33)30-22(23(32)18-16-8-6-4-2)21-37-29-28(36)27(35)26(34)24(20-31)38-29/h9-10,22-24,26-29,31-32,34-36H,3-8,11-21H2,1-2H3,(H,30,33)/b10-9-. The van der Waals surface area contributed by atoms with Crippen molar-refractivity contribution in [2.24, 2.45) is 0 Å². The second kappa shape index (κ2) is 21.7. The summed E-state index contributed by atoms with van der Waals surface area (Å²) in [5.74, 6) is -0.168. The average Bonchev–Trinajstić information content (AvgIpc) is 2.91. The van der Waals surface area contributed by atoms with Gasteiger partial charge in [0.2, 0.25) is 5.91 Å². The van der Waals surface area contributed by atoms with E-state index < -0.39 is 49.5 Å². The molecule has 1 aliphatic heterocycles. The number of ether oxygens (including phenoxy) is 2. The summed E-state index contributed by atoms with van der Waals surface area (Å²) in [5, 5.41) is 53.2. The molecule has 0 saturated carbocycles. The number of aliphatic hydroxyl groups is 5. The first-order chi connectivity index (χ1) is 18.3. The lowest BCUT2D eigenvalue weighted by atomic mass is 9.99. The number of aliphatic hydroxyl groups excluding tert-OH is 5.